The Labute approximate surface area is 192 Å². The number of aliphatic hydroxyl groups is 1. The van der Waals surface area contributed by atoms with E-state index in [0.717, 1.165) is 14.9 Å². The predicted molar refractivity (Wildman–Crippen MR) is 112 cm³/mol. The number of hydrogen-bond donors (Lipinski definition) is 1. The summed E-state index contributed by atoms with van der Waals surface area (Å²) < 4.78 is 26.9. The number of rotatable bonds is 2. The number of thiazole rings is 1. The average Bonchev–Trinajstić information content (AvgIpc) is 3.02. The van der Waals surface area contributed by atoms with Crippen LogP contribution in [0.15, 0.2) is 24.3 Å². The van der Waals surface area contributed by atoms with Crippen LogP contribution in [0.3, 0.4) is 0 Å². The van der Waals surface area contributed by atoms with Crippen molar-refractivity contribution in [2.24, 2.45) is 0 Å². The predicted octanol–water partition coefficient (Wildman–Crippen LogP) is 5.21. The number of sulfonamides is 1. The van der Waals surface area contributed by atoms with Crippen molar-refractivity contribution in [2.45, 2.75) is 40.5 Å². The molecule has 27 heavy (non-hydrogen) atoms. The third-order valence-corrected chi connectivity index (χ3v) is 7.03. The monoisotopic (exact) mass is 484 g/mol. The minimum Gasteiger partial charge on any atom is -0.505 e. The van der Waals surface area contributed by atoms with Crippen molar-refractivity contribution in [3.8, 4) is 0 Å². The molecule has 8 heteroatoms. The van der Waals surface area contributed by atoms with E-state index in [1.54, 1.807) is 12.1 Å². The Morgan fingerprint density at radius 3 is 2.26 bits per heavy atom. The van der Waals surface area contributed by atoms with Gasteiger partial charge in [0, 0.05) is 51.2 Å². The fourth-order valence-electron chi connectivity index (χ4n) is 2.51. The van der Waals surface area contributed by atoms with Gasteiger partial charge in [-0.15, -0.1) is 11.3 Å². The molecule has 1 aliphatic rings. The van der Waals surface area contributed by atoms with Crippen molar-refractivity contribution >= 4 is 37.8 Å². The molecular weight excluding hydrogens is 457 g/mol. The SMILES string of the molecule is CC.Cc1ccccc1C1=C(O)c2sc(C(C)C)nc2N(C)S1(=O)=O.[CH3-].[Y]. The molecule has 0 amide bonds. The summed E-state index contributed by atoms with van der Waals surface area (Å²) in [4.78, 5) is 4.85. The van der Waals surface area contributed by atoms with Gasteiger partial charge in [0.1, 0.15) is 9.78 Å². The van der Waals surface area contributed by atoms with Gasteiger partial charge in [-0.25, -0.2) is 13.4 Å². The molecule has 0 atom stereocenters. The Balaban J connectivity index is 0.00000164. The zero-order chi connectivity index (χ0) is 18.9. The molecule has 0 saturated carbocycles. The zero-order valence-corrected chi connectivity index (χ0v) is 21.4. The Bertz CT molecular complexity index is 919. The summed E-state index contributed by atoms with van der Waals surface area (Å²) in [5.41, 5.74) is 1.31. The van der Waals surface area contributed by atoms with Gasteiger partial charge >= 0.3 is 0 Å². The molecule has 2 heterocycles. The van der Waals surface area contributed by atoms with Gasteiger partial charge in [0.2, 0.25) is 0 Å². The summed E-state index contributed by atoms with van der Waals surface area (Å²) in [6.45, 7) is 9.80. The van der Waals surface area contributed by atoms with Crippen LogP contribution in [0, 0.1) is 14.4 Å². The average molecular weight is 484 g/mol. The van der Waals surface area contributed by atoms with Crippen LogP contribution in [0.5, 0.6) is 0 Å². The Kier molecular flexibility index (Phi) is 9.86. The number of fused-ring (bicyclic) bond motifs is 1. The maximum absolute atomic E-state index is 12.9. The van der Waals surface area contributed by atoms with Crippen molar-refractivity contribution in [3.05, 3.63) is 52.7 Å². The summed E-state index contributed by atoms with van der Waals surface area (Å²) in [5.74, 6) is 0.252. The third kappa shape index (κ3) is 4.64. The maximum atomic E-state index is 12.9. The molecule has 1 N–H and O–H groups in total. The van der Waals surface area contributed by atoms with Crippen LogP contribution in [0.25, 0.3) is 10.7 Å². The molecule has 0 saturated heterocycles. The van der Waals surface area contributed by atoms with Crippen LogP contribution < -0.4 is 4.31 Å². The van der Waals surface area contributed by atoms with Gasteiger partial charge in [-0.05, 0) is 12.5 Å². The number of nitrogens with zero attached hydrogens (tertiary/aromatic N) is 2. The van der Waals surface area contributed by atoms with Crippen molar-refractivity contribution in [2.75, 3.05) is 11.4 Å². The molecule has 147 valence electrons. The van der Waals surface area contributed by atoms with E-state index in [9.17, 15) is 13.5 Å². The molecule has 1 aliphatic heterocycles. The topological polar surface area (TPSA) is 70.5 Å². The Morgan fingerprint density at radius 1 is 1.19 bits per heavy atom. The Hall–Kier alpha value is -0.756. The third-order valence-electron chi connectivity index (χ3n) is 3.86. The second-order valence-corrected chi connectivity index (χ2v) is 8.76. The van der Waals surface area contributed by atoms with E-state index < -0.39 is 10.0 Å². The minimum absolute atomic E-state index is 0. The summed E-state index contributed by atoms with van der Waals surface area (Å²) in [6, 6.07) is 7.14. The molecule has 3 rings (SSSR count). The first kappa shape index (κ1) is 26.2. The fourth-order valence-corrected chi connectivity index (χ4v) is 5.17. The van der Waals surface area contributed by atoms with E-state index >= 15 is 0 Å². The molecule has 0 bridgehead atoms. The second-order valence-electron chi connectivity index (χ2n) is 5.82. The molecule has 0 aliphatic carbocycles. The Morgan fingerprint density at radius 2 is 1.74 bits per heavy atom. The van der Waals surface area contributed by atoms with Gasteiger partial charge in [0.05, 0.1) is 5.01 Å². The van der Waals surface area contributed by atoms with E-state index in [-0.39, 0.29) is 56.7 Å². The van der Waals surface area contributed by atoms with Crippen LogP contribution in [0.2, 0.25) is 0 Å². The van der Waals surface area contributed by atoms with E-state index in [2.05, 4.69) is 4.98 Å². The fraction of sp³-hybridized carbons (Fsp3) is 0.368. The van der Waals surface area contributed by atoms with E-state index in [0.29, 0.717) is 16.3 Å². The van der Waals surface area contributed by atoms with Crippen molar-refractivity contribution in [3.63, 3.8) is 0 Å². The largest absolute Gasteiger partial charge is 0.505 e. The standard InChI is InChI=1S/C16H18N2O3S2.C2H6.CH3.Y/c1-9(2)16-17-15-13(22-16)12(19)14(23(20,21)18(15)4)11-8-6-5-7-10(11)3;1-2;;/h5-9,19H,1-4H3;1-2H3;1H3;/q;;-1;. The number of aryl methyl sites for hydroxylation is 1. The van der Waals surface area contributed by atoms with Gasteiger partial charge < -0.3 is 12.5 Å². The van der Waals surface area contributed by atoms with E-state index in [1.807, 2.05) is 46.8 Å². The second kappa shape index (κ2) is 10.1. The van der Waals surface area contributed by atoms with E-state index in [4.69, 9.17) is 0 Å². The number of anilines is 1. The van der Waals surface area contributed by atoms with Crippen molar-refractivity contribution in [1.82, 2.24) is 4.98 Å². The van der Waals surface area contributed by atoms with Crippen molar-refractivity contribution in [1.29, 1.82) is 0 Å². The quantitative estimate of drug-likeness (QED) is 0.594. The van der Waals surface area contributed by atoms with Gasteiger partial charge in [0.15, 0.2) is 11.6 Å². The first-order valence-electron chi connectivity index (χ1n) is 8.24. The van der Waals surface area contributed by atoms with Crippen LogP contribution in [-0.4, -0.2) is 25.6 Å². The molecule has 1 radical (unpaired) electrons. The molecule has 5 nitrogen and oxygen atoms in total. The normalized spacial score (nSPS) is 14.6. The molecular formula is C19H27N2O3S2Y-. The summed E-state index contributed by atoms with van der Waals surface area (Å²) >= 11 is 1.34. The van der Waals surface area contributed by atoms with Crippen molar-refractivity contribution < 1.29 is 46.2 Å². The van der Waals surface area contributed by atoms with Gasteiger partial charge in [-0.3, -0.25) is 4.31 Å². The van der Waals surface area contributed by atoms with Gasteiger partial charge in [-0.2, -0.15) is 0 Å². The first-order chi connectivity index (χ1) is 11.7. The van der Waals surface area contributed by atoms with Crippen LogP contribution in [-0.2, 0) is 42.7 Å². The van der Waals surface area contributed by atoms with Crippen LogP contribution >= 0.6 is 11.3 Å². The number of hydrogen-bond acceptors (Lipinski definition) is 5. The van der Waals surface area contributed by atoms with Crippen LogP contribution in [0.4, 0.5) is 5.82 Å². The van der Waals surface area contributed by atoms with Gasteiger partial charge in [0.25, 0.3) is 10.0 Å². The summed E-state index contributed by atoms with van der Waals surface area (Å²) in [6.07, 6.45) is 0. The summed E-state index contributed by atoms with van der Waals surface area (Å²) in [7, 11) is -2.37. The smallest absolute Gasteiger partial charge is 0.269 e. The van der Waals surface area contributed by atoms with Gasteiger partial charge in [-0.1, -0.05) is 52.0 Å². The van der Waals surface area contributed by atoms with Crippen LogP contribution in [0.1, 0.15) is 54.6 Å². The number of aromatic nitrogens is 1. The molecule has 0 fully saturated rings. The minimum atomic E-state index is -3.85. The molecule has 0 unspecified atom stereocenters. The molecule has 2 aromatic rings. The molecule has 1 aromatic carbocycles. The number of aliphatic hydroxyl groups excluding tert-OH is 1. The molecule has 1 aromatic heterocycles. The summed E-state index contributed by atoms with van der Waals surface area (Å²) in [5, 5.41) is 11.5. The van der Waals surface area contributed by atoms with E-state index in [1.165, 1.54) is 18.4 Å². The molecule has 0 spiro atoms. The maximum Gasteiger partial charge on any atom is 0.269 e. The number of benzene rings is 1. The zero-order valence-electron chi connectivity index (χ0n) is 16.9. The first-order valence-corrected chi connectivity index (χ1v) is 10.5.